The number of hydrogen-bond donors (Lipinski definition) is 1. The van der Waals surface area contributed by atoms with E-state index >= 15 is 0 Å². The van der Waals surface area contributed by atoms with E-state index in [1.165, 1.54) is 11.1 Å². The second-order valence-electron chi connectivity index (χ2n) is 5.21. The molecule has 0 aliphatic rings. The first-order valence-corrected chi connectivity index (χ1v) is 7.74. The summed E-state index contributed by atoms with van der Waals surface area (Å²) in [5.41, 5.74) is 3.53. The van der Waals surface area contributed by atoms with Crippen LogP contribution in [0.2, 0.25) is 0 Å². The number of hydrogen-bond acceptors (Lipinski definition) is 4. The number of methoxy groups -OCH3 is 1. The van der Waals surface area contributed by atoms with E-state index < -0.39 is 0 Å². The SMILES string of the molecule is COCc1ccccc1C(NC(C)C)c1nc(C)cs1. The van der Waals surface area contributed by atoms with Crippen molar-refractivity contribution in [1.82, 2.24) is 10.3 Å². The van der Waals surface area contributed by atoms with E-state index in [2.05, 4.69) is 53.8 Å². The van der Waals surface area contributed by atoms with Gasteiger partial charge in [0.15, 0.2) is 0 Å². The molecule has 0 saturated carbocycles. The van der Waals surface area contributed by atoms with Crippen molar-refractivity contribution in [3.8, 4) is 0 Å². The first-order valence-electron chi connectivity index (χ1n) is 6.86. The van der Waals surface area contributed by atoms with Crippen LogP contribution in [0.3, 0.4) is 0 Å². The highest BCUT2D eigenvalue weighted by atomic mass is 32.1. The molecule has 0 bridgehead atoms. The maximum atomic E-state index is 5.32. The van der Waals surface area contributed by atoms with Crippen LogP contribution in [0.1, 0.15) is 41.7 Å². The Balaban J connectivity index is 2.40. The number of nitrogens with zero attached hydrogens (tertiary/aromatic N) is 1. The van der Waals surface area contributed by atoms with Crippen molar-refractivity contribution in [2.24, 2.45) is 0 Å². The molecule has 1 unspecified atom stereocenters. The standard InChI is InChI=1S/C16H22N2OS/c1-11(2)17-15(16-18-12(3)10-20-16)14-8-6-5-7-13(14)9-19-4/h5-8,10-11,15,17H,9H2,1-4H3. The Morgan fingerprint density at radius 2 is 2.05 bits per heavy atom. The summed E-state index contributed by atoms with van der Waals surface area (Å²) in [5.74, 6) is 0. The molecule has 1 aromatic heterocycles. The third-order valence-corrected chi connectivity index (χ3v) is 4.08. The number of aryl methyl sites for hydroxylation is 1. The fourth-order valence-corrected chi connectivity index (χ4v) is 3.11. The van der Waals surface area contributed by atoms with Crippen LogP contribution in [0.25, 0.3) is 0 Å². The molecular weight excluding hydrogens is 268 g/mol. The maximum absolute atomic E-state index is 5.32. The lowest BCUT2D eigenvalue weighted by molar-refractivity contribution is 0.183. The topological polar surface area (TPSA) is 34.1 Å². The van der Waals surface area contributed by atoms with Crippen LogP contribution < -0.4 is 5.32 Å². The molecule has 0 fully saturated rings. The van der Waals surface area contributed by atoms with Gasteiger partial charge in [-0.05, 0) is 31.9 Å². The van der Waals surface area contributed by atoms with E-state index in [4.69, 9.17) is 4.74 Å². The Morgan fingerprint density at radius 3 is 2.65 bits per heavy atom. The maximum Gasteiger partial charge on any atom is 0.114 e. The minimum Gasteiger partial charge on any atom is -0.380 e. The zero-order chi connectivity index (χ0) is 14.5. The van der Waals surface area contributed by atoms with Gasteiger partial charge in [-0.1, -0.05) is 24.3 Å². The van der Waals surface area contributed by atoms with Crippen LogP contribution in [-0.4, -0.2) is 18.1 Å². The molecule has 4 heteroatoms. The quantitative estimate of drug-likeness (QED) is 0.881. The molecule has 20 heavy (non-hydrogen) atoms. The van der Waals surface area contributed by atoms with Crippen LogP contribution in [0.15, 0.2) is 29.6 Å². The zero-order valence-electron chi connectivity index (χ0n) is 12.5. The number of aromatic nitrogens is 1. The van der Waals surface area contributed by atoms with Crippen LogP contribution in [0.4, 0.5) is 0 Å². The summed E-state index contributed by atoms with van der Waals surface area (Å²) in [7, 11) is 1.73. The monoisotopic (exact) mass is 290 g/mol. The smallest absolute Gasteiger partial charge is 0.114 e. The summed E-state index contributed by atoms with van der Waals surface area (Å²) < 4.78 is 5.32. The van der Waals surface area contributed by atoms with Crippen molar-refractivity contribution in [1.29, 1.82) is 0 Å². The predicted octanol–water partition coefficient (Wildman–Crippen LogP) is 3.69. The average Bonchev–Trinajstić information content (AvgIpc) is 2.84. The lowest BCUT2D eigenvalue weighted by Crippen LogP contribution is -2.29. The summed E-state index contributed by atoms with van der Waals surface area (Å²) in [6, 6.07) is 8.92. The molecule has 108 valence electrons. The van der Waals surface area contributed by atoms with Crippen molar-refractivity contribution < 1.29 is 4.74 Å². The van der Waals surface area contributed by atoms with Crippen molar-refractivity contribution in [2.45, 2.75) is 39.5 Å². The lowest BCUT2D eigenvalue weighted by Gasteiger charge is -2.22. The molecule has 0 aliphatic heterocycles. The Hall–Kier alpha value is -1.23. The highest BCUT2D eigenvalue weighted by Gasteiger charge is 2.20. The van der Waals surface area contributed by atoms with Crippen molar-refractivity contribution >= 4 is 11.3 Å². The molecule has 3 nitrogen and oxygen atoms in total. The molecule has 1 heterocycles. The predicted molar refractivity (Wildman–Crippen MR) is 84.1 cm³/mol. The van der Waals surface area contributed by atoms with Gasteiger partial charge in [-0.3, -0.25) is 0 Å². The second kappa shape index (κ2) is 6.97. The van der Waals surface area contributed by atoms with Crippen molar-refractivity contribution in [3.05, 3.63) is 51.5 Å². The van der Waals surface area contributed by atoms with Crippen molar-refractivity contribution in [3.63, 3.8) is 0 Å². The fraction of sp³-hybridized carbons (Fsp3) is 0.438. The first kappa shape index (κ1) is 15.2. The highest BCUT2D eigenvalue weighted by Crippen LogP contribution is 2.28. The summed E-state index contributed by atoms with van der Waals surface area (Å²) in [4.78, 5) is 4.66. The minimum absolute atomic E-state index is 0.125. The van der Waals surface area contributed by atoms with Gasteiger partial charge < -0.3 is 10.1 Å². The average molecular weight is 290 g/mol. The molecule has 2 rings (SSSR count). The van der Waals surface area contributed by atoms with Gasteiger partial charge in [-0.2, -0.15) is 0 Å². The summed E-state index contributed by atoms with van der Waals surface area (Å²) in [5, 5.41) is 6.83. The Morgan fingerprint density at radius 1 is 1.30 bits per heavy atom. The Labute approximate surface area is 125 Å². The number of nitrogens with one attached hydrogen (secondary N) is 1. The van der Waals surface area contributed by atoms with Gasteiger partial charge in [-0.15, -0.1) is 11.3 Å². The van der Waals surface area contributed by atoms with Gasteiger partial charge in [0.2, 0.25) is 0 Å². The largest absolute Gasteiger partial charge is 0.380 e. The molecule has 1 N–H and O–H groups in total. The van der Waals surface area contributed by atoms with Gasteiger partial charge in [0.1, 0.15) is 5.01 Å². The lowest BCUT2D eigenvalue weighted by atomic mass is 10.0. The van der Waals surface area contributed by atoms with Gasteiger partial charge in [0.25, 0.3) is 0 Å². The van der Waals surface area contributed by atoms with E-state index in [0.717, 1.165) is 10.7 Å². The minimum atomic E-state index is 0.125. The molecular formula is C16H22N2OS. The first-order chi connectivity index (χ1) is 9.61. The van der Waals surface area contributed by atoms with E-state index in [-0.39, 0.29) is 6.04 Å². The Bertz CT molecular complexity index is 551. The molecule has 0 amide bonds. The number of ether oxygens (including phenoxy) is 1. The van der Waals surface area contributed by atoms with Gasteiger partial charge in [-0.25, -0.2) is 4.98 Å². The van der Waals surface area contributed by atoms with Crippen LogP contribution in [0, 0.1) is 6.92 Å². The molecule has 0 aliphatic carbocycles. The van der Waals surface area contributed by atoms with Crippen LogP contribution >= 0.6 is 11.3 Å². The zero-order valence-corrected chi connectivity index (χ0v) is 13.3. The second-order valence-corrected chi connectivity index (χ2v) is 6.10. The summed E-state index contributed by atoms with van der Waals surface area (Å²) in [6.45, 7) is 6.98. The van der Waals surface area contributed by atoms with Gasteiger partial charge >= 0.3 is 0 Å². The molecule has 1 atom stereocenters. The molecule has 0 radical (unpaired) electrons. The Kier molecular flexibility index (Phi) is 5.29. The van der Waals surface area contributed by atoms with Crippen molar-refractivity contribution in [2.75, 3.05) is 7.11 Å². The molecule has 1 aromatic carbocycles. The number of benzene rings is 1. The molecule has 2 aromatic rings. The van der Waals surface area contributed by atoms with E-state index in [9.17, 15) is 0 Å². The number of rotatable bonds is 6. The molecule has 0 spiro atoms. The third-order valence-electron chi connectivity index (χ3n) is 3.05. The summed E-state index contributed by atoms with van der Waals surface area (Å²) in [6.07, 6.45) is 0. The van der Waals surface area contributed by atoms with Crippen LogP contribution in [0.5, 0.6) is 0 Å². The van der Waals surface area contributed by atoms with Gasteiger partial charge in [0, 0.05) is 24.2 Å². The normalized spacial score (nSPS) is 12.8. The van der Waals surface area contributed by atoms with E-state index in [1.807, 2.05) is 6.92 Å². The van der Waals surface area contributed by atoms with Crippen LogP contribution in [-0.2, 0) is 11.3 Å². The summed E-state index contributed by atoms with van der Waals surface area (Å²) >= 11 is 1.71. The van der Waals surface area contributed by atoms with E-state index in [0.29, 0.717) is 12.6 Å². The highest BCUT2D eigenvalue weighted by molar-refractivity contribution is 7.09. The third kappa shape index (κ3) is 3.66. The van der Waals surface area contributed by atoms with E-state index in [1.54, 1.807) is 18.4 Å². The van der Waals surface area contributed by atoms with Gasteiger partial charge in [0.05, 0.1) is 12.6 Å². The molecule has 0 saturated heterocycles. The number of thiazole rings is 1. The fourth-order valence-electron chi connectivity index (χ4n) is 2.23.